The summed E-state index contributed by atoms with van der Waals surface area (Å²) in [5.41, 5.74) is 0.998. The highest BCUT2D eigenvalue weighted by Gasteiger charge is 2.22. The number of hydrogen-bond donors (Lipinski definition) is 1. The highest BCUT2D eigenvalue weighted by Crippen LogP contribution is 2.28. The third-order valence-corrected chi connectivity index (χ3v) is 3.26. The molecule has 0 aliphatic heterocycles. The van der Waals surface area contributed by atoms with E-state index >= 15 is 0 Å². The Kier molecular flexibility index (Phi) is 3.59. The van der Waals surface area contributed by atoms with Crippen molar-refractivity contribution in [2.45, 2.75) is 31.2 Å². The highest BCUT2D eigenvalue weighted by atomic mass is 35.5. The number of hydrogen-bond acceptors (Lipinski definition) is 3. The molecule has 4 nitrogen and oxygen atoms in total. The molecule has 0 saturated heterocycles. The zero-order chi connectivity index (χ0) is 10.7. The molecule has 1 saturated carbocycles. The van der Waals surface area contributed by atoms with Gasteiger partial charge in [-0.2, -0.15) is 0 Å². The van der Waals surface area contributed by atoms with Crippen molar-refractivity contribution in [2.75, 3.05) is 6.54 Å². The van der Waals surface area contributed by atoms with Gasteiger partial charge in [0, 0.05) is 25.2 Å². The number of nitrogens with zero attached hydrogens (tertiary/aromatic N) is 3. The Balaban J connectivity index is 1.67. The lowest BCUT2D eigenvalue weighted by Gasteiger charge is -2.09. The number of aryl methyl sites for hydroxylation is 1. The molecule has 2 rings (SSSR count). The average Bonchev–Trinajstić information content (AvgIpc) is 2.76. The Labute approximate surface area is 95.0 Å². The zero-order valence-corrected chi connectivity index (χ0v) is 9.74. The molecule has 5 heteroatoms. The highest BCUT2D eigenvalue weighted by molar-refractivity contribution is 6.20. The second-order valence-electron chi connectivity index (χ2n) is 4.29. The normalized spacial score (nSPS) is 26.0. The molecule has 0 radical (unpaired) electrons. The number of alkyl halides is 1. The summed E-state index contributed by atoms with van der Waals surface area (Å²) in [5, 5.41) is 11.7. The van der Waals surface area contributed by atoms with Crippen molar-refractivity contribution in [1.29, 1.82) is 0 Å². The number of rotatable bonds is 4. The quantitative estimate of drug-likeness (QED) is 0.791. The molecule has 2 unspecified atom stereocenters. The van der Waals surface area contributed by atoms with Crippen molar-refractivity contribution >= 4 is 11.6 Å². The smallest absolute Gasteiger partial charge is 0.0964 e. The van der Waals surface area contributed by atoms with Crippen LogP contribution in [-0.4, -0.2) is 26.9 Å². The van der Waals surface area contributed by atoms with Crippen LogP contribution in [0, 0.1) is 5.92 Å². The van der Waals surface area contributed by atoms with E-state index < -0.39 is 0 Å². The summed E-state index contributed by atoms with van der Waals surface area (Å²) in [7, 11) is 1.88. The molecule has 1 aliphatic carbocycles. The predicted octanol–water partition coefficient (Wildman–Crippen LogP) is 1.31. The van der Waals surface area contributed by atoms with Crippen molar-refractivity contribution in [2.24, 2.45) is 13.0 Å². The maximum atomic E-state index is 6.05. The minimum Gasteiger partial charge on any atom is -0.311 e. The molecular weight excluding hydrogens is 212 g/mol. The Bertz CT molecular complexity index is 312. The summed E-state index contributed by atoms with van der Waals surface area (Å²) < 4.78 is 1.72. The monoisotopic (exact) mass is 228 g/mol. The minimum absolute atomic E-state index is 0.397. The third-order valence-electron chi connectivity index (χ3n) is 2.87. The van der Waals surface area contributed by atoms with Gasteiger partial charge in [0.05, 0.1) is 5.69 Å². The molecule has 1 fully saturated rings. The van der Waals surface area contributed by atoms with E-state index in [0.29, 0.717) is 5.38 Å². The number of halogens is 1. The van der Waals surface area contributed by atoms with Crippen LogP contribution in [0.5, 0.6) is 0 Å². The molecule has 2 atom stereocenters. The summed E-state index contributed by atoms with van der Waals surface area (Å²) in [6.45, 7) is 1.84. The molecule has 1 aromatic rings. The van der Waals surface area contributed by atoms with Crippen molar-refractivity contribution in [1.82, 2.24) is 20.3 Å². The molecule has 15 heavy (non-hydrogen) atoms. The first kappa shape index (κ1) is 10.9. The Morgan fingerprint density at radius 2 is 2.47 bits per heavy atom. The van der Waals surface area contributed by atoms with E-state index in [9.17, 15) is 0 Å². The van der Waals surface area contributed by atoms with Gasteiger partial charge in [-0.3, -0.25) is 4.68 Å². The van der Waals surface area contributed by atoms with Gasteiger partial charge in [-0.15, -0.1) is 16.7 Å². The molecular formula is C10H17ClN4. The molecule has 0 spiro atoms. The lowest BCUT2D eigenvalue weighted by atomic mass is 10.1. The van der Waals surface area contributed by atoms with Gasteiger partial charge >= 0.3 is 0 Å². The van der Waals surface area contributed by atoms with Crippen molar-refractivity contribution < 1.29 is 0 Å². The topological polar surface area (TPSA) is 42.7 Å². The van der Waals surface area contributed by atoms with Gasteiger partial charge in [-0.25, -0.2) is 0 Å². The van der Waals surface area contributed by atoms with Gasteiger partial charge in [-0.05, 0) is 31.7 Å². The van der Waals surface area contributed by atoms with Crippen LogP contribution in [0.15, 0.2) is 6.20 Å². The largest absolute Gasteiger partial charge is 0.311 e. The first-order valence-electron chi connectivity index (χ1n) is 5.44. The first-order valence-corrected chi connectivity index (χ1v) is 5.87. The van der Waals surface area contributed by atoms with Crippen molar-refractivity contribution in [3.05, 3.63) is 11.9 Å². The third kappa shape index (κ3) is 3.18. The van der Waals surface area contributed by atoms with Crippen LogP contribution >= 0.6 is 11.6 Å². The summed E-state index contributed by atoms with van der Waals surface area (Å²) in [5.74, 6) is 0.740. The van der Waals surface area contributed by atoms with E-state index in [1.807, 2.05) is 13.2 Å². The Morgan fingerprint density at radius 3 is 3.07 bits per heavy atom. The maximum Gasteiger partial charge on any atom is 0.0964 e. The van der Waals surface area contributed by atoms with E-state index in [1.54, 1.807) is 4.68 Å². The van der Waals surface area contributed by atoms with Crippen LogP contribution in [0.2, 0.25) is 0 Å². The number of nitrogens with one attached hydrogen (secondary N) is 1. The summed E-state index contributed by atoms with van der Waals surface area (Å²) >= 11 is 6.05. The number of aromatic nitrogens is 3. The lowest BCUT2D eigenvalue weighted by molar-refractivity contribution is 0.487. The minimum atomic E-state index is 0.397. The summed E-state index contributed by atoms with van der Waals surface area (Å²) in [4.78, 5) is 0. The zero-order valence-electron chi connectivity index (χ0n) is 8.99. The first-order chi connectivity index (χ1) is 7.24. The summed E-state index contributed by atoms with van der Waals surface area (Å²) in [6, 6.07) is 0. The molecule has 1 heterocycles. The molecule has 0 bridgehead atoms. The molecule has 84 valence electrons. The van der Waals surface area contributed by atoms with Gasteiger partial charge < -0.3 is 5.32 Å². The lowest BCUT2D eigenvalue weighted by Crippen LogP contribution is -2.21. The van der Waals surface area contributed by atoms with E-state index in [-0.39, 0.29) is 0 Å². The van der Waals surface area contributed by atoms with Crippen LogP contribution in [-0.2, 0) is 13.6 Å². The Hall–Kier alpha value is -0.610. The van der Waals surface area contributed by atoms with E-state index in [2.05, 4.69) is 15.6 Å². The van der Waals surface area contributed by atoms with Crippen LogP contribution in [0.25, 0.3) is 0 Å². The van der Waals surface area contributed by atoms with Crippen LogP contribution in [0.1, 0.15) is 25.0 Å². The van der Waals surface area contributed by atoms with E-state index in [0.717, 1.165) is 31.1 Å². The standard InChI is InChI=1S/C10H17ClN4/c1-15-7-10(13-14-15)6-12-5-8-2-3-9(11)4-8/h7-9,12H,2-6H2,1H3. The van der Waals surface area contributed by atoms with E-state index in [4.69, 9.17) is 11.6 Å². The van der Waals surface area contributed by atoms with Gasteiger partial charge in [0.25, 0.3) is 0 Å². The second-order valence-corrected chi connectivity index (χ2v) is 4.91. The summed E-state index contributed by atoms with van der Waals surface area (Å²) in [6.07, 6.45) is 5.50. The Morgan fingerprint density at radius 1 is 1.60 bits per heavy atom. The van der Waals surface area contributed by atoms with Gasteiger partial charge in [0.15, 0.2) is 0 Å². The molecule has 0 aromatic carbocycles. The predicted molar refractivity (Wildman–Crippen MR) is 59.7 cm³/mol. The van der Waals surface area contributed by atoms with E-state index in [1.165, 1.54) is 12.8 Å². The van der Waals surface area contributed by atoms with Crippen LogP contribution in [0.3, 0.4) is 0 Å². The van der Waals surface area contributed by atoms with Gasteiger partial charge in [-0.1, -0.05) is 5.21 Å². The molecule has 1 aliphatic rings. The van der Waals surface area contributed by atoms with Gasteiger partial charge in [0.2, 0.25) is 0 Å². The van der Waals surface area contributed by atoms with Crippen LogP contribution in [0.4, 0.5) is 0 Å². The molecule has 1 aromatic heterocycles. The molecule has 0 amide bonds. The van der Waals surface area contributed by atoms with Crippen molar-refractivity contribution in [3.63, 3.8) is 0 Å². The van der Waals surface area contributed by atoms with Crippen molar-refractivity contribution in [3.8, 4) is 0 Å². The van der Waals surface area contributed by atoms with Crippen LogP contribution < -0.4 is 5.32 Å². The second kappa shape index (κ2) is 4.94. The maximum absolute atomic E-state index is 6.05. The fraction of sp³-hybridized carbons (Fsp3) is 0.800. The fourth-order valence-corrected chi connectivity index (χ4v) is 2.46. The SMILES string of the molecule is Cn1cc(CNCC2CCC(Cl)C2)nn1. The van der Waals surface area contributed by atoms with Gasteiger partial charge in [0.1, 0.15) is 0 Å². The average molecular weight is 229 g/mol. The molecule has 1 N–H and O–H groups in total. The fourth-order valence-electron chi connectivity index (χ4n) is 2.08.